The Morgan fingerprint density at radius 2 is 2.29 bits per heavy atom. The molecule has 0 spiro atoms. The molecule has 0 saturated heterocycles. The fraction of sp³-hybridized carbons (Fsp3) is 0.133. The van der Waals surface area contributed by atoms with Crippen molar-refractivity contribution in [1.82, 2.24) is 9.97 Å². The van der Waals surface area contributed by atoms with Crippen LogP contribution in [0, 0.1) is 18.8 Å². The molecular formula is C15H14N4O2. The third kappa shape index (κ3) is 3.78. The number of hydrogen-bond donors (Lipinski definition) is 3. The van der Waals surface area contributed by atoms with E-state index in [1.54, 1.807) is 6.07 Å². The number of nitrogens with two attached hydrogens (primary N) is 1. The van der Waals surface area contributed by atoms with E-state index in [0.717, 1.165) is 17.3 Å². The molecule has 106 valence electrons. The summed E-state index contributed by atoms with van der Waals surface area (Å²) in [5, 5.41) is 2.74. The summed E-state index contributed by atoms with van der Waals surface area (Å²) in [6.07, 6.45) is 2.33. The van der Waals surface area contributed by atoms with E-state index < -0.39 is 5.91 Å². The number of nitrogens with one attached hydrogen (secondary N) is 2. The second-order valence-electron chi connectivity index (χ2n) is 4.29. The van der Waals surface area contributed by atoms with Crippen molar-refractivity contribution in [3.05, 3.63) is 57.8 Å². The molecule has 0 saturated carbocycles. The molecule has 21 heavy (non-hydrogen) atoms. The number of nitrogens with zero attached hydrogens (tertiary/aromatic N) is 1. The summed E-state index contributed by atoms with van der Waals surface area (Å²) in [6, 6.07) is 5.48. The zero-order chi connectivity index (χ0) is 15.2. The Morgan fingerprint density at radius 3 is 2.95 bits per heavy atom. The zero-order valence-corrected chi connectivity index (χ0v) is 11.4. The van der Waals surface area contributed by atoms with Gasteiger partial charge in [0, 0.05) is 17.4 Å². The van der Waals surface area contributed by atoms with Crippen molar-refractivity contribution in [2.45, 2.75) is 6.92 Å². The standard InChI is InChI=1S/C15H14N4O2/c1-10-4-5-11(3-2-6-16)7-12(10)19-15(21)13-8-18-14(20)9-17-13/h4-5,7-9H,6,16H2,1H3,(H,18,20)(H,19,21). The first kappa shape index (κ1) is 14.5. The third-order valence-corrected chi connectivity index (χ3v) is 2.73. The van der Waals surface area contributed by atoms with Crippen molar-refractivity contribution in [3.8, 4) is 11.8 Å². The van der Waals surface area contributed by atoms with E-state index in [4.69, 9.17) is 5.73 Å². The van der Waals surface area contributed by atoms with Crippen molar-refractivity contribution in [1.29, 1.82) is 0 Å². The molecule has 1 aromatic carbocycles. The van der Waals surface area contributed by atoms with Crippen molar-refractivity contribution in [2.75, 3.05) is 11.9 Å². The van der Waals surface area contributed by atoms with Gasteiger partial charge in [0.2, 0.25) is 0 Å². The minimum absolute atomic E-state index is 0.132. The van der Waals surface area contributed by atoms with Crippen LogP contribution in [-0.2, 0) is 0 Å². The van der Waals surface area contributed by atoms with E-state index in [-0.39, 0.29) is 17.8 Å². The predicted molar refractivity (Wildman–Crippen MR) is 79.9 cm³/mol. The van der Waals surface area contributed by atoms with E-state index in [2.05, 4.69) is 27.1 Å². The Labute approximate surface area is 121 Å². The highest BCUT2D eigenvalue weighted by Gasteiger charge is 2.09. The van der Waals surface area contributed by atoms with E-state index in [1.165, 1.54) is 6.20 Å². The largest absolute Gasteiger partial charge is 0.325 e. The van der Waals surface area contributed by atoms with E-state index in [9.17, 15) is 9.59 Å². The highest BCUT2D eigenvalue weighted by molar-refractivity contribution is 6.03. The van der Waals surface area contributed by atoms with Crippen molar-refractivity contribution in [3.63, 3.8) is 0 Å². The molecule has 1 heterocycles. The molecule has 2 aromatic rings. The van der Waals surface area contributed by atoms with Gasteiger partial charge in [-0.05, 0) is 24.6 Å². The van der Waals surface area contributed by atoms with Crippen LogP contribution >= 0.6 is 0 Å². The summed E-state index contributed by atoms with van der Waals surface area (Å²) in [5.41, 5.74) is 7.40. The summed E-state index contributed by atoms with van der Waals surface area (Å²) in [4.78, 5) is 29.2. The van der Waals surface area contributed by atoms with Gasteiger partial charge in [-0.2, -0.15) is 0 Å². The molecule has 6 nitrogen and oxygen atoms in total. The maximum atomic E-state index is 12.1. The lowest BCUT2D eigenvalue weighted by Crippen LogP contribution is -2.17. The molecule has 0 radical (unpaired) electrons. The van der Waals surface area contributed by atoms with E-state index >= 15 is 0 Å². The third-order valence-electron chi connectivity index (χ3n) is 2.73. The summed E-state index contributed by atoms with van der Waals surface area (Å²) in [5.74, 6) is 5.25. The fourth-order valence-electron chi connectivity index (χ4n) is 1.64. The van der Waals surface area contributed by atoms with Crippen LogP contribution in [0.5, 0.6) is 0 Å². The number of anilines is 1. The van der Waals surface area contributed by atoms with Crippen molar-refractivity contribution < 1.29 is 4.79 Å². The van der Waals surface area contributed by atoms with E-state index in [0.29, 0.717) is 5.69 Å². The Balaban J connectivity index is 2.24. The average molecular weight is 282 g/mol. The molecule has 4 N–H and O–H groups in total. The lowest BCUT2D eigenvalue weighted by Gasteiger charge is -2.08. The van der Waals surface area contributed by atoms with E-state index in [1.807, 2.05) is 19.1 Å². The van der Waals surface area contributed by atoms with Crippen molar-refractivity contribution in [2.24, 2.45) is 5.73 Å². The van der Waals surface area contributed by atoms with Crippen LogP contribution in [0.15, 0.2) is 35.4 Å². The van der Waals surface area contributed by atoms with Gasteiger partial charge in [0.25, 0.3) is 11.5 Å². The smallest absolute Gasteiger partial charge is 0.275 e. The molecule has 1 aromatic heterocycles. The number of H-pyrrole nitrogens is 1. The van der Waals surface area contributed by atoms with Gasteiger partial charge >= 0.3 is 0 Å². The van der Waals surface area contributed by atoms with Crippen LogP contribution in [0.2, 0.25) is 0 Å². The number of aromatic amines is 1. The molecule has 0 bridgehead atoms. The zero-order valence-electron chi connectivity index (χ0n) is 11.4. The molecule has 6 heteroatoms. The lowest BCUT2D eigenvalue weighted by molar-refractivity contribution is 0.102. The quantitative estimate of drug-likeness (QED) is 0.704. The lowest BCUT2D eigenvalue weighted by atomic mass is 10.1. The van der Waals surface area contributed by atoms with Gasteiger partial charge in [-0.15, -0.1) is 0 Å². The Morgan fingerprint density at radius 1 is 1.48 bits per heavy atom. The van der Waals surface area contributed by atoms with Gasteiger partial charge in [0.15, 0.2) is 0 Å². The summed E-state index contributed by atoms with van der Waals surface area (Å²) < 4.78 is 0. The molecular weight excluding hydrogens is 268 g/mol. The topological polar surface area (TPSA) is 101 Å². The Bertz CT molecular complexity index is 764. The Hall–Kier alpha value is -2.91. The number of carbonyl (C=O) groups is 1. The van der Waals surface area contributed by atoms with Crippen LogP contribution in [0.1, 0.15) is 21.6 Å². The summed E-state index contributed by atoms with van der Waals surface area (Å²) in [7, 11) is 0. The minimum atomic E-state index is -0.404. The van der Waals surface area contributed by atoms with Crippen LogP contribution in [0.4, 0.5) is 5.69 Å². The number of carbonyl (C=O) groups excluding carboxylic acids is 1. The molecule has 0 aliphatic carbocycles. The van der Waals surface area contributed by atoms with Gasteiger partial charge in [-0.25, -0.2) is 4.98 Å². The Kier molecular flexibility index (Phi) is 4.49. The van der Waals surface area contributed by atoms with Crippen LogP contribution in [0.25, 0.3) is 0 Å². The molecule has 1 amide bonds. The summed E-state index contributed by atoms with van der Waals surface area (Å²) >= 11 is 0. The van der Waals surface area contributed by atoms with Gasteiger partial charge in [-0.3, -0.25) is 9.59 Å². The first-order chi connectivity index (χ1) is 10.1. The molecule has 0 atom stereocenters. The molecule has 0 fully saturated rings. The maximum Gasteiger partial charge on any atom is 0.275 e. The normalized spacial score (nSPS) is 9.62. The molecule has 0 aliphatic heterocycles. The minimum Gasteiger partial charge on any atom is -0.325 e. The number of hydrogen-bond acceptors (Lipinski definition) is 4. The first-order valence-electron chi connectivity index (χ1n) is 6.26. The number of benzene rings is 1. The van der Waals surface area contributed by atoms with Gasteiger partial charge < -0.3 is 16.0 Å². The molecule has 0 unspecified atom stereocenters. The first-order valence-corrected chi connectivity index (χ1v) is 6.26. The highest BCUT2D eigenvalue weighted by Crippen LogP contribution is 2.17. The number of aromatic nitrogens is 2. The maximum absolute atomic E-state index is 12.1. The van der Waals surface area contributed by atoms with Gasteiger partial charge in [0.05, 0.1) is 12.7 Å². The SMILES string of the molecule is Cc1ccc(C#CCN)cc1NC(=O)c1c[nH]c(=O)cn1. The van der Waals surface area contributed by atoms with Gasteiger partial charge in [-0.1, -0.05) is 17.9 Å². The summed E-state index contributed by atoms with van der Waals surface area (Å²) in [6.45, 7) is 2.15. The molecule has 0 aliphatic rings. The second-order valence-corrected chi connectivity index (χ2v) is 4.29. The molecule has 2 rings (SSSR count). The monoisotopic (exact) mass is 282 g/mol. The van der Waals surface area contributed by atoms with Crippen LogP contribution in [-0.4, -0.2) is 22.4 Å². The average Bonchev–Trinajstić information content (AvgIpc) is 2.48. The predicted octanol–water partition coefficient (Wildman–Crippen LogP) is 0.641. The van der Waals surface area contributed by atoms with Crippen LogP contribution < -0.4 is 16.6 Å². The van der Waals surface area contributed by atoms with Crippen molar-refractivity contribution >= 4 is 11.6 Å². The number of aryl methyl sites for hydroxylation is 1. The highest BCUT2D eigenvalue weighted by atomic mass is 16.2. The number of rotatable bonds is 2. The fourth-order valence-corrected chi connectivity index (χ4v) is 1.64. The second kappa shape index (κ2) is 6.50. The van der Waals surface area contributed by atoms with Crippen LogP contribution in [0.3, 0.4) is 0 Å². The van der Waals surface area contributed by atoms with Gasteiger partial charge in [0.1, 0.15) is 5.69 Å². The number of amides is 1.